The van der Waals surface area contributed by atoms with Gasteiger partial charge in [0, 0.05) is 23.8 Å². The van der Waals surface area contributed by atoms with Gasteiger partial charge in [-0.3, -0.25) is 14.2 Å². The Kier molecular flexibility index (Phi) is 4.63. The smallest absolute Gasteiger partial charge is 0.308 e. The van der Waals surface area contributed by atoms with Gasteiger partial charge < -0.3 is 10.0 Å². The number of rotatable bonds is 6. The minimum Gasteiger partial charge on any atom is -0.481 e. The first-order valence-electron chi connectivity index (χ1n) is 9.54. The Morgan fingerprint density at radius 2 is 1.93 bits per heavy atom. The zero-order chi connectivity index (χ0) is 19.8. The molecule has 6 nitrogen and oxygen atoms in total. The van der Waals surface area contributed by atoms with E-state index in [0.29, 0.717) is 5.56 Å². The molecule has 144 valence electrons. The molecule has 1 fully saturated rings. The molecule has 1 unspecified atom stereocenters. The predicted molar refractivity (Wildman–Crippen MR) is 107 cm³/mol. The Hall–Kier alpha value is -3.15. The van der Waals surface area contributed by atoms with Crippen LogP contribution in [-0.4, -0.2) is 44.0 Å². The van der Waals surface area contributed by atoms with Crippen molar-refractivity contribution in [3.63, 3.8) is 0 Å². The van der Waals surface area contributed by atoms with Crippen molar-refractivity contribution >= 4 is 22.9 Å². The maximum atomic E-state index is 13.1. The Morgan fingerprint density at radius 1 is 1.21 bits per heavy atom. The topological polar surface area (TPSA) is 75.4 Å². The van der Waals surface area contributed by atoms with Gasteiger partial charge in [0.2, 0.25) is 0 Å². The highest BCUT2D eigenvalue weighted by Gasteiger charge is 2.35. The summed E-state index contributed by atoms with van der Waals surface area (Å²) >= 11 is 0. The number of nitrogens with zero attached hydrogens (tertiary/aromatic N) is 3. The van der Waals surface area contributed by atoms with Crippen molar-refractivity contribution in [1.29, 1.82) is 0 Å². The molecule has 1 saturated carbocycles. The molecule has 1 N–H and O–H groups in total. The number of para-hydroxylation sites is 1. The van der Waals surface area contributed by atoms with E-state index < -0.39 is 11.9 Å². The fourth-order valence-corrected chi connectivity index (χ4v) is 3.56. The lowest BCUT2D eigenvalue weighted by molar-refractivity contribution is -0.141. The van der Waals surface area contributed by atoms with E-state index in [0.717, 1.165) is 35.4 Å². The van der Waals surface area contributed by atoms with Gasteiger partial charge in [0.05, 0.1) is 17.0 Å². The summed E-state index contributed by atoms with van der Waals surface area (Å²) in [7, 11) is 0. The van der Waals surface area contributed by atoms with Crippen molar-refractivity contribution in [3.05, 3.63) is 59.9 Å². The van der Waals surface area contributed by atoms with Gasteiger partial charge >= 0.3 is 5.97 Å². The molecule has 1 amide bonds. The van der Waals surface area contributed by atoms with Crippen LogP contribution in [0.15, 0.2) is 48.5 Å². The number of aliphatic carboxylic acids is 1. The maximum absolute atomic E-state index is 13.1. The van der Waals surface area contributed by atoms with Gasteiger partial charge in [-0.05, 0) is 50.1 Å². The second kappa shape index (κ2) is 7.11. The highest BCUT2D eigenvalue weighted by Crippen LogP contribution is 2.30. The molecule has 1 heterocycles. The average Bonchev–Trinajstić information content (AvgIpc) is 3.47. The van der Waals surface area contributed by atoms with Gasteiger partial charge in [0.25, 0.3) is 5.91 Å². The molecule has 0 radical (unpaired) electrons. The van der Waals surface area contributed by atoms with Gasteiger partial charge in [-0.2, -0.15) is 0 Å². The van der Waals surface area contributed by atoms with Crippen LogP contribution in [0.3, 0.4) is 0 Å². The fraction of sp³-hybridized carbons (Fsp3) is 0.318. The Bertz CT molecular complexity index is 1040. The molecule has 6 heteroatoms. The summed E-state index contributed by atoms with van der Waals surface area (Å²) in [6.45, 7) is 3.81. The molecule has 1 aliphatic carbocycles. The minimum absolute atomic E-state index is 0.121. The zero-order valence-corrected chi connectivity index (χ0v) is 16.0. The number of imidazole rings is 1. The third-order valence-corrected chi connectivity index (χ3v) is 5.22. The molecule has 0 saturated heterocycles. The number of fused-ring (bicyclic) bond motifs is 1. The number of aromatic nitrogens is 2. The lowest BCUT2D eigenvalue weighted by Crippen LogP contribution is -2.38. The van der Waals surface area contributed by atoms with Crippen molar-refractivity contribution in [1.82, 2.24) is 14.5 Å². The number of carboxylic acid groups (broad SMARTS) is 1. The first-order valence-corrected chi connectivity index (χ1v) is 9.54. The fourth-order valence-electron chi connectivity index (χ4n) is 3.56. The third kappa shape index (κ3) is 3.38. The van der Waals surface area contributed by atoms with Crippen LogP contribution in [0.5, 0.6) is 0 Å². The van der Waals surface area contributed by atoms with Crippen LogP contribution >= 0.6 is 0 Å². The van der Waals surface area contributed by atoms with Crippen LogP contribution in [0.1, 0.15) is 35.9 Å². The Labute approximate surface area is 163 Å². The summed E-state index contributed by atoms with van der Waals surface area (Å²) in [6, 6.07) is 15.7. The first kappa shape index (κ1) is 18.2. The number of carboxylic acids is 1. The van der Waals surface area contributed by atoms with Crippen LogP contribution in [-0.2, 0) is 4.79 Å². The van der Waals surface area contributed by atoms with Gasteiger partial charge in [-0.25, -0.2) is 4.98 Å². The molecule has 2 aromatic carbocycles. The van der Waals surface area contributed by atoms with E-state index in [2.05, 4.69) is 9.55 Å². The van der Waals surface area contributed by atoms with E-state index in [9.17, 15) is 14.7 Å². The predicted octanol–water partition coefficient (Wildman–Crippen LogP) is 3.66. The van der Waals surface area contributed by atoms with Crippen molar-refractivity contribution in [2.75, 3.05) is 6.54 Å². The van der Waals surface area contributed by atoms with Gasteiger partial charge in [0.15, 0.2) is 0 Å². The number of carbonyl (C=O) groups excluding carboxylic acids is 1. The molecule has 0 bridgehead atoms. The maximum Gasteiger partial charge on any atom is 0.308 e. The highest BCUT2D eigenvalue weighted by molar-refractivity contribution is 5.98. The van der Waals surface area contributed by atoms with Crippen molar-refractivity contribution < 1.29 is 14.7 Å². The number of hydrogen-bond donors (Lipinski definition) is 1. The van der Waals surface area contributed by atoms with Crippen LogP contribution in [0.4, 0.5) is 0 Å². The summed E-state index contributed by atoms with van der Waals surface area (Å²) in [5.74, 6) is -0.743. The summed E-state index contributed by atoms with van der Waals surface area (Å²) in [5.41, 5.74) is 3.28. The largest absolute Gasteiger partial charge is 0.481 e. The summed E-state index contributed by atoms with van der Waals surface area (Å²) in [5, 5.41) is 9.22. The van der Waals surface area contributed by atoms with Gasteiger partial charge in [-0.1, -0.05) is 25.1 Å². The van der Waals surface area contributed by atoms with E-state index in [1.165, 1.54) is 0 Å². The first-order chi connectivity index (χ1) is 13.5. The van der Waals surface area contributed by atoms with E-state index in [1.807, 2.05) is 55.5 Å². The third-order valence-electron chi connectivity index (χ3n) is 5.22. The molecule has 4 rings (SSSR count). The number of aryl methyl sites for hydroxylation is 1. The normalized spacial score (nSPS) is 14.8. The summed E-state index contributed by atoms with van der Waals surface area (Å²) in [6.07, 6.45) is 1.87. The average molecular weight is 377 g/mol. The molecule has 0 aliphatic heterocycles. The van der Waals surface area contributed by atoms with Crippen molar-refractivity contribution in [2.24, 2.45) is 5.92 Å². The molecule has 0 spiro atoms. The Balaban J connectivity index is 1.68. The highest BCUT2D eigenvalue weighted by atomic mass is 16.4. The minimum atomic E-state index is -0.883. The van der Waals surface area contributed by atoms with Gasteiger partial charge in [-0.15, -0.1) is 0 Å². The Morgan fingerprint density at radius 3 is 2.57 bits per heavy atom. The number of hydrogen-bond acceptors (Lipinski definition) is 3. The standard InChI is InChI=1S/C22H23N3O3/c1-14(22(27)28)13-24(17-9-10-17)21(26)16-8-11-20-19(12-16)23-15(2)25(20)18-6-4-3-5-7-18/h3-8,11-12,14,17H,9-10,13H2,1-2H3,(H,27,28). The SMILES string of the molecule is Cc1nc2cc(C(=O)N(CC(C)C(=O)O)C3CC3)ccc2n1-c1ccccc1. The molecular formula is C22H23N3O3. The van der Waals surface area contributed by atoms with E-state index in [1.54, 1.807) is 11.8 Å². The van der Waals surface area contributed by atoms with E-state index >= 15 is 0 Å². The van der Waals surface area contributed by atoms with E-state index in [-0.39, 0.29) is 18.5 Å². The van der Waals surface area contributed by atoms with Crippen LogP contribution in [0.25, 0.3) is 16.7 Å². The van der Waals surface area contributed by atoms with Crippen LogP contribution < -0.4 is 0 Å². The summed E-state index contributed by atoms with van der Waals surface area (Å²) in [4.78, 5) is 30.7. The molecule has 1 aromatic heterocycles. The lowest BCUT2D eigenvalue weighted by atomic mass is 10.1. The number of amides is 1. The molecule has 28 heavy (non-hydrogen) atoms. The summed E-state index contributed by atoms with van der Waals surface area (Å²) < 4.78 is 2.06. The van der Waals surface area contributed by atoms with Crippen molar-refractivity contribution in [3.8, 4) is 5.69 Å². The van der Waals surface area contributed by atoms with Crippen LogP contribution in [0, 0.1) is 12.8 Å². The van der Waals surface area contributed by atoms with Crippen LogP contribution in [0.2, 0.25) is 0 Å². The molecule has 1 aliphatic rings. The molecular weight excluding hydrogens is 354 g/mol. The number of carbonyl (C=O) groups is 2. The second-order valence-electron chi connectivity index (χ2n) is 7.46. The molecule has 3 aromatic rings. The van der Waals surface area contributed by atoms with Gasteiger partial charge in [0.1, 0.15) is 5.82 Å². The zero-order valence-electron chi connectivity index (χ0n) is 16.0. The number of benzene rings is 2. The molecule has 1 atom stereocenters. The lowest BCUT2D eigenvalue weighted by Gasteiger charge is -2.24. The van der Waals surface area contributed by atoms with E-state index in [4.69, 9.17) is 0 Å². The van der Waals surface area contributed by atoms with Crippen molar-refractivity contribution in [2.45, 2.75) is 32.7 Å². The second-order valence-corrected chi connectivity index (χ2v) is 7.46. The monoisotopic (exact) mass is 377 g/mol. The quantitative estimate of drug-likeness (QED) is 0.711.